The Labute approximate surface area is 157 Å². The second-order valence-electron chi connectivity index (χ2n) is 7.49. The van der Waals surface area contributed by atoms with E-state index in [1.807, 2.05) is 42.5 Å². The number of benzene rings is 2. The fourth-order valence-electron chi connectivity index (χ4n) is 2.83. The highest BCUT2D eigenvalue weighted by Gasteiger charge is 2.21. The molecule has 3 nitrogen and oxygen atoms in total. The summed E-state index contributed by atoms with van der Waals surface area (Å²) in [6.45, 7) is 6.58. The van der Waals surface area contributed by atoms with Crippen molar-refractivity contribution in [3.63, 3.8) is 0 Å². The maximum atomic E-state index is 12.4. The number of anilines is 1. The summed E-state index contributed by atoms with van der Waals surface area (Å²) < 4.78 is 0. The SMILES string of the molecule is CC(C)(C)CC(NC(=O)CCc1ccccc1N)c1ccccc1.Cl. The summed E-state index contributed by atoms with van der Waals surface area (Å²) in [6, 6.07) is 17.9. The van der Waals surface area contributed by atoms with E-state index in [2.05, 4.69) is 38.2 Å². The molecule has 25 heavy (non-hydrogen) atoms. The van der Waals surface area contributed by atoms with E-state index in [9.17, 15) is 4.79 Å². The summed E-state index contributed by atoms with van der Waals surface area (Å²) in [5.74, 6) is 0.0661. The van der Waals surface area contributed by atoms with Gasteiger partial charge in [-0.1, -0.05) is 69.3 Å². The summed E-state index contributed by atoms with van der Waals surface area (Å²) in [5.41, 5.74) is 9.02. The highest BCUT2D eigenvalue weighted by molar-refractivity contribution is 5.85. The maximum absolute atomic E-state index is 12.4. The predicted molar refractivity (Wildman–Crippen MR) is 108 cm³/mol. The van der Waals surface area contributed by atoms with Crippen molar-refractivity contribution in [2.24, 2.45) is 5.41 Å². The zero-order chi connectivity index (χ0) is 17.6. The van der Waals surface area contributed by atoms with Gasteiger partial charge in [-0.2, -0.15) is 0 Å². The molecule has 3 N–H and O–H groups in total. The summed E-state index contributed by atoms with van der Waals surface area (Å²) in [5, 5.41) is 3.20. The van der Waals surface area contributed by atoms with Gasteiger partial charge < -0.3 is 11.1 Å². The maximum Gasteiger partial charge on any atom is 0.220 e. The van der Waals surface area contributed by atoms with Gasteiger partial charge in [0.2, 0.25) is 5.91 Å². The van der Waals surface area contributed by atoms with Crippen molar-refractivity contribution in [3.05, 3.63) is 65.7 Å². The number of carbonyl (C=O) groups is 1. The zero-order valence-corrected chi connectivity index (χ0v) is 16.1. The third-order valence-corrected chi connectivity index (χ3v) is 4.03. The minimum atomic E-state index is 0. The van der Waals surface area contributed by atoms with E-state index in [4.69, 9.17) is 5.73 Å². The Morgan fingerprint density at radius 3 is 2.24 bits per heavy atom. The Hall–Kier alpha value is -2.00. The van der Waals surface area contributed by atoms with Crippen LogP contribution in [0.2, 0.25) is 0 Å². The number of hydrogen-bond donors (Lipinski definition) is 2. The second-order valence-corrected chi connectivity index (χ2v) is 7.49. The van der Waals surface area contributed by atoms with Gasteiger partial charge in [0.05, 0.1) is 6.04 Å². The van der Waals surface area contributed by atoms with E-state index < -0.39 is 0 Å². The molecule has 0 aliphatic carbocycles. The highest BCUT2D eigenvalue weighted by atomic mass is 35.5. The Morgan fingerprint density at radius 2 is 1.64 bits per heavy atom. The van der Waals surface area contributed by atoms with Gasteiger partial charge in [-0.05, 0) is 35.4 Å². The number of nitrogens with one attached hydrogen (secondary N) is 1. The van der Waals surface area contributed by atoms with E-state index in [-0.39, 0.29) is 29.8 Å². The Morgan fingerprint density at radius 1 is 1.04 bits per heavy atom. The topological polar surface area (TPSA) is 55.1 Å². The molecule has 0 saturated heterocycles. The second kappa shape index (κ2) is 9.47. The van der Waals surface area contributed by atoms with Gasteiger partial charge in [-0.15, -0.1) is 12.4 Å². The molecule has 0 aliphatic rings. The van der Waals surface area contributed by atoms with Crippen molar-refractivity contribution in [1.82, 2.24) is 5.32 Å². The Balaban J connectivity index is 0.00000312. The molecule has 0 spiro atoms. The number of aryl methyl sites for hydroxylation is 1. The molecule has 2 aromatic carbocycles. The van der Waals surface area contributed by atoms with Gasteiger partial charge in [0.25, 0.3) is 0 Å². The molecular weight excluding hydrogens is 332 g/mol. The molecule has 0 saturated carbocycles. The lowest BCUT2D eigenvalue weighted by molar-refractivity contribution is -0.122. The molecule has 2 aromatic rings. The molecule has 136 valence electrons. The summed E-state index contributed by atoms with van der Waals surface area (Å²) in [7, 11) is 0. The molecular formula is C21H29ClN2O. The third kappa shape index (κ3) is 7.18. The lowest BCUT2D eigenvalue weighted by Gasteiger charge is -2.27. The molecule has 0 radical (unpaired) electrons. The van der Waals surface area contributed by atoms with Crippen LogP contribution in [-0.4, -0.2) is 5.91 Å². The largest absolute Gasteiger partial charge is 0.399 e. The van der Waals surface area contributed by atoms with E-state index in [1.165, 1.54) is 0 Å². The number of carbonyl (C=O) groups excluding carboxylic acids is 1. The number of halogens is 1. The fourth-order valence-corrected chi connectivity index (χ4v) is 2.83. The van der Waals surface area contributed by atoms with E-state index in [0.29, 0.717) is 12.8 Å². The van der Waals surface area contributed by atoms with Gasteiger partial charge >= 0.3 is 0 Å². The van der Waals surface area contributed by atoms with E-state index >= 15 is 0 Å². The minimum absolute atomic E-state index is 0. The molecule has 1 atom stereocenters. The quantitative estimate of drug-likeness (QED) is 0.718. The average Bonchev–Trinajstić information content (AvgIpc) is 2.53. The highest BCUT2D eigenvalue weighted by Crippen LogP contribution is 2.29. The fraction of sp³-hybridized carbons (Fsp3) is 0.381. The van der Waals surface area contributed by atoms with E-state index in [1.54, 1.807) is 0 Å². The van der Waals surface area contributed by atoms with Crippen LogP contribution in [0.25, 0.3) is 0 Å². The van der Waals surface area contributed by atoms with Gasteiger partial charge in [-0.25, -0.2) is 0 Å². The van der Waals surface area contributed by atoms with Crippen LogP contribution in [0.3, 0.4) is 0 Å². The van der Waals surface area contributed by atoms with Crippen LogP contribution in [0.5, 0.6) is 0 Å². The first-order valence-electron chi connectivity index (χ1n) is 8.53. The van der Waals surface area contributed by atoms with Gasteiger partial charge in [-0.3, -0.25) is 4.79 Å². The number of hydrogen-bond acceptors (Lipinski definition) is 2. The molecule has 4 heteroatoms. The van der Waals surface area contributed by atoms with Gasteiger partial charge in [0.15, 0.2) is 0 Å². The molecule has 1 unspecified atom stereocenters. The number of nitrogens with two attached hydrogens (primary N) is 1. The van der Waals surface area contributed by atoms with E-state index in [0.717, 1.165) is 23.2 Å². The van der Waals surface area contributed by atoms with Crippen molar-refractivity contribution < 1.29 is 4.79 Å². The molecule has 0 heterocycles. The molecule has 1 amide bonds. The predicted octanol–water partition coefficient (Wildman–Crippen LogP) is 4.92. The zero-order valence-electron chi connectivity index (χ0n) is 15.3. The van der Waals surface area contributed by atoms with Crippen molar-refractivity contribution in [1.29, 1.82) is 0 Å². The molecule has 0 aromatic heterocycles. The first-order valence-corrected chi connectivity index (χ1v) is 8.53. The smallest absolute Gasteiger partial charge is 0.220 e. The van der Waals surface area contributed by atoms with Gasteiger partial charge in [0, 0.05) is 12.1 Å². The van der Waals surface area contributed by atoms with Gasteiger partial charge in [0.1, 0.15) is 0 Å². The van der Waals surface area contributed by atoms with Crippen molar-refractivity contribution in [2.75, 3.05) is 5.73 Å². The van der Waals surface area contributed by atoms with Crippen LogP contribution in [0.1, 0.15) is 50.8 Å². The number of para-hydroxylation sites is 1. The average molecular weight is 361 g/mol. The minimum Gasteiger partial charge on any atom is -0.399 e. The third-order valence-electron chi connectivity index (χ3n) is 4.03. The summed E-state index contributed by atoms with van der Waals surface area (Å²) in [6.07, 6.45) is 2.01. The van der Waals surface area contributed by atoms with Crippen LogP contribution >= 0.6 is 12.4 Å². The number of amides is 1. The molecule has 0 aliphatic heterocycles. The van der Waals surface area contributed by atoms with Crippen LogP contribution in [0, 0.1) is 5.41 Å². The molecule has 0 bridgehead atoms. The van der Waals surface area contributed by atoms with Crippen LogP contribution in [0.15, 0.2) is 54.6 Å². The van der Waals surface area contributed by atoms with Crippen LogP contribution < -0.4 is 11.1 Å². The number of nitrogen functional groups attached to an aromatic ring is 1. The van der Waals surface area contributed by atoms with Crippen molar-refractivity contribution in [3.8, 4) is 0 Å². The lowest BCUT2D eigenvalue weighted by atomic mass is 9.85. The summed E-state index contributed by atoms with van der Waals surface area (Å²) >= 11 is 0. The van der Waals surface area contributed by atoms with Crippen LogP contribution in [0.4, 0.5) is 5.69 Å². The van der Waals surface area contributed by atoms with Crippen LogP contribution in [-0.2, 0) is 11.2 Å². The number of rotatable bonds is 6. The first-order chi connectivity index (χ1) is 11.3. The normalized spacial score (nSPS) is 12.1. The molecule has 0 fully saturated rings. The molecule has 2 rings (SSSR count). The van der Waals surface area contributed by atoms with Crippen molar-refractivity contribution in [2.45, 2.75) is 46.1 Å². The van der Waals surface area contributed by atoms with Crippen molar-refractivity contribution >= 4 is 24.0 Å². The standard InChI is InChI=1S/C21H28N2O.ClH/c1-21(2,3)15-19(17-10-5-4-6-11-17)23-20(24)14-13-16-9-7-8-12-18(16)22;/h4-12,19H,13-15,22H2,1-3H3,(H,23,24);1H. The first kappa shape index (κ1) is 21.0. The Kier molecular flexibility index (Phi) is 7.98. The monoisotopic (exact) mass is 360 g/mol. The Bertz CT molecular complexity index is 665. The summed E-state index contributed by atoms with van der Waals surface area (Å²) in [4.78, 5) is 12.4. The lowest BCUT2D eigenvalue weighted by Crippen LogP contribution is -2.31.